The second-order valence-electron chi connectivity index (χ2n) is 15.9. The third-order valence-corrected chi connectivity index (χ3v) is 11.3. The highest BCUT2D eigenvalue weighted by Crippen LogP contribution is 2.58. The van der Waals surface area contributed by atoms with Crippen molar-refractivity contribution in [1.82, 2.24) is 15.7 Å². The summed E-state index contributed by atoms with van der Waals surface area (Å²) in [6.07, 6.45) is 4.98. The molecule has 296 valence electrons. The fraction of sp³-hybridized carbons (Fsp3) is 0.744. The first-order chi connectivity index (χ1) is 25.2. The molecule has 7 atom stereocenters. The number of nitrogens with one attached hydrogen (secondary N) is 2. The summed E-state index contributed by atoms with van der Waals surface area (Å²) in [6.45, 7) is 9.51. The van der Waals surface area contributed by atoms with Crippen molar-refractivity contribution in [1.29, 1.82) is 0 Å². The Bertz CT molecular complexity index is 1430. The van der Waals surface area contributed by atoms with E-state index in [4.69, 9.17) is 23.8 Å². The minimum atomic E-state index is -1.35. The molecule has 2 amide bonds. The molecule has 3 N–H and O–H groups in total. The zero-order chi connectivity index (χ0) is 38.4. The third-order valence-electron chi connectivity index (χ3n) is 10.6. The molecule has 1 aliphatic carbocycles. The first-order valence-electron chi connectivity index (χ1n) is 19.4. The van der Waals surface area contributed by atoms with Crippen molar-refractivity contribution in [2.24, 2.45) is 5.41 Å². The Morgan fingerprint density at radius 2 is 1.68 bits per heavy atom. The van der Waals surface area contributed by atoms with Crippen LogP contribution in [0.1, 0.15) is 117 Å². The molecule has 53 heavy (non-hydrogen) atoms. The average molecular weight is 856 g/mol. The van der Waals surface area contributed by atoms with E-state index in [2.05, 4.69) is 47.1 Å². The molecular weight excluding hydrogens is 797 g/mol. The van der Waals surface area contributed by atoms with Gasteiger partial charge in [-0.15, -0.1) is 0 Å². The number of fused-ring (bicyclic) bond motifs is 4. The number of hydrogen-bond acceptors (Lipinski definition) is 11. The van der Waals surface area contributed by atoms with Crippen LogP contribution in [0.4, 0.5) is 0 Å². The van der Waals surface area contributed by atoms with Gasteiger partial charge in [0, 0.05) is 42.2 Å². The monoisotopic (exact) mass is 855 g/mol. The number of benzene rings is 1. The van der Waals surface area contributed by atoms with Gasteiger partial charge in [0.25, 0.3) is 0 Å². The fourth-order valence-corrected chi connectivity index (χ4v) is 8.47. The number of hydroxylamine groups is 2. The van der Waals surface area contributed by atoms with Gasteiger partial charge in [0.1, 0.15) is 35.4 Å². The summed E-state index contributed by atoms with van der Waals surface area (Å²) in [4.78, 5) is 60.3. The van der Waals surface area contributed by atoms with E-state index in [1.54, 1.807) is 25.8 Å². The minimum Gasteiger partial charge on any atom is -0.460 e. The molecule has 13 nitrogen and oxygen atoms in total. The van der Waals surface area contributed by atoms with E-state index in [-0.39, 0.29) is 45.4 Å². The van der Waals surface area contributed by atoms with Crippen LogP contribution >= 0.6 is 22.6 Å². The Labute approximate surface area is 327 Å². The zero-order valence-electron chi connectivity index (χ0n) is 31.8. The summed E-state index contributed by atoms with van der Waals surface area (Å²) >= 11 is 2.24. The Balaban J connectivity index is 1.33. The number of hydrogen-bond donors (Lipinski definition) is 3. The summed E-state index contributed by atoms with van der Waals surface area (Å²) in [5.41, 5.74) is -1.08. The van der Waals surface area contributed by atoms with Crippen molar-refractivity contribution >= 4 is 46.3 Å². The van der Waals surface area contributed by atoms with E-state index in [1.807, 2.05) is 24.3 Å². The van der Waals surface area contributed by atoms with Crippen LogP contribution in [-0.4, -0.2) is 95.0 Å². The summed E-state index contributed by atoms with van der Waals surface area (Å²) in [7, 11) is 0. The second-order valence-corrected chi connectivity index (χ2v) is 17.2. The number of carbonyl (C=O) groups is 4. The second kappa shape index (κ2) is 18.1. The van der Waals surface area contributed by atoms with Crippen LogP contribution in [-0.2, 0) is 49.5 Å². The molecule has 3 heterocycles. The molecule has 1 saturated carbocycles. The van der Waals surface area contributed by atoms with Crippen LogP contribution in [0.15, 0.2) is 24.3 Å². The quantitative estimate of drug-likeness (QED) is 0.0993. The largest absolute Gasteiger partial charge is 0.460 e. The van der Waals surface area contributed by atoms with Gasteiger partial charge in [-0.1, -0.05) is 51.7 Å². The highest BCUT2D eigenvalue weighted by Gasteiger charge is 2.76. The molecule has 0 aromatic heterocycles. The highest BCUT2D eigenvalue weighted by molar-refractivity contribution is 14.1. The molecule has 0 radical (unpaired) electrons. The number of halogens is 1. The van der Waals surface area contributed by atoms with Crippen LogP contribution in [0, 0.1) is 8.99 Å². The highest BCUT2D eigenvalue weighted by atomic mass is 127. The lowest BCUT2D eigenvalue weighted by atomic mass is 9.62. The maximum Gasteiger partial charge on any atom is 0.327 e. The molecule has 4 fully saturated rings. The number of carbonyl (C=O) groups excluding carboxylic acids is 4. The van der Waals surface area contributed by atoms with Gasteiger partial charge in [-0.2, -0.15) is 5.06 Å². The lowest BCUT2D eigenvalue weighted by Crippen LogP contribution is -2.69. The van der Waals surface area contributed by atoms with Gasteiger partial charge in [0.2, 0.25) is 11.8 Å². The maximum absolute atomic E-state index is 14.6. The summed E-state index contributed by atoms with van der Waals surface area (Å²) in [6, 6.07) is 6.20. The van der Waals surface area contributed by atoms with E-state index >= 15 is 0 Å². The summed E-state index contributed by atoms with van der Waals surface area (Å²) in [5.74, 6) is -2.64. The van der Waals surface area contributed by atoms with E-state index in [9.17, 15) is 24.3 Å². The number of esters is 2. The molecule has 14 heteroatoms. The number of ether oxygens (including phenoxy) is 4. The van der Waals surface area contributed by atoms with Gasteiger partial charge < -0.3 is 34.7 Å². The van der Waals surface area contributed by atoms with E-state index in [1.165, 1.54) is 0 Å². The van der Waals surface area contributed by atoms with Gasteiger partial charge in [-0.25, -0.2) is 0 Å². The number of nitrogens with zero attached hydrogens (tertiary/aromatic N) is 1. The Kier molecular flexibility index (Phi) is 14.2. The van der Waals surface area contributed by atoms with Crippen molar-refractivity contribution in [3.63, 3.8) is 0 Å². The standard InChI is InChI=1S/C39H58IN3O10/c1-6-8-10-19-38(20-11-9-7-2)51-31-28-22-39(36(48)41-21-18-29(45)42-27(24-44)16-17-30(46)50-37(3,4)5)33(35(47)49-28)43(53-34(39)32(31)52-38)23-25-12-14-26(40)15-13-25/h12-15,27-28,31-34,44H,6-11,16-24H2,1-5H3,(H,41,48)(H,42,45)/t27-,28+,31-,32-,33+,34+,39+/m0/s1. The first kappa shape index (κ1) is 41.8. The molecule has 1 aromatic carbocycles. The molecule has 2 bridgehead atoms. The average Bonchev–Trinajstić information content (AvgIpc) is 3.65. The number of amides is 2. The van der Waals surface area contributed by atoms with Crippen LogP contribution in [0.3, 0.4) is 0 Å². The van der Waals surface area contributed by atoms with Gasteiger partial charge in [-0.05, 0) is 80.3 Å². The summed E-state index contributed by atoms with van der Waals surface area (Å²) < 4.78 is 26.2. The fourth-order valence-electron chi connectivity index (χ4n) is 8.11. The van der Waals surface area contributed by atoms with Gasteiger partial charge in [0.15, 0.2) is 11.8 Å². The van der Waals surface area contributed by atoms with Gasteiger partial charge in [-0.3, -0.25) is 24.0 Å². The molecule has 4 aliphatic rings. The normalized spacial score (nSPS) is 27.8. The molecule has 3 aliphatic heterocycles. The van der Waals surface area contributed by atoms with Crippen LogP contribution in [0.2, 0.25) is 0 Å². The molecule has 1 aromatic rings. The van der Waals surface area contributed by atoms with E-state index in [0.29, 0.717) is 12.8 Å². The Morgan fingerprint density at radius 1 is 1.02 bits per heavy atom. The van der Waals surface area contributed by atoms with Crippen molar-refractivity contribution in [3.8, 4) is 0 Å². The third kappa shape index (κ3) is 9.90. The van der Waals surface area contributed by atoms with Crippen molar-refractivity contribution < 1.29 is 48.1 Å². The Morgan fingerprint density at radius 3 is 2.30 bits per heavy atom. The van der Waals surface area contributed by atoms with Crippen LogP contribution < -0.4 is 10.6 Å². The maximum atomic E-state index is 14.6. The van der Waals surface area contributed by atoms with Crippen LogP contribution in [0.25, 0.3) is 0 Å². The minimum absolute atomic E-state index is 0.0175. The molecule has 0 spiro atoms. The predicted molar refractivity (Wildman–Crippen MR) is 203 cm³/mol. The van der Waals surface area contributed by atoms with E-state index in [0.717, 1.165) is 47.7 Å². The lowest BCUT2D eigenvalue weighted by molar-refractivity contribution is -0.224. The first-order valence-corrected chi connectivity index (χ1v) is 20.5. The van der Waals surface area contributed by atoms with Crippen molar-refractivity contribution in [2.45, 2.75) is 166 Å². The molecule has 5 rings (SSSR count). The topological polar surface area (TPSA) is 162 Å². The zero-order valence-corrected chi connectivity index (χ0v) is 34.0. The number of aliphatic hydroxyl groups is 1. The van der Waals surface area contributed by atoms with Crippen molar-refractivity contribution in [3.05, 3.63) is 33.4 Å². The SMILES string of the molecule is CCCCCC1(CCCCC)O[C@@H]2[C@H](O1)[C@H]1ON(Cc3ccc(I)cc3)[C@@H]3C(=O)O[C@@H]2C[C@]13C(=O)NCCC(=O)N[C@H](CO)CCC(=O)OC(C)(C)C. The molecule has 3 saturated heterocycles. The number of unbranched alkanes of at least 4 members (excludes halogenated alkanes) is 4. The molecular formula is C39H58IN3O10. The number of rotatable bonds is 19. The van der Waals surface area contributed by atoms with Crippen molar-refractivity contribution in [2.75, 3.05) is 13.2 Å². The lowest BCUT2D eigenvalue weighted by Gasteiger charge is -2.48. The molecule has 0 unspecified atom stereocenters. The Hall–Kier alpha value is -2.37. The van der Waals surface area contributed by atoms with E-state index < -0.39 is 77.1 Å². The van der Waals surface area contributed by atoms with Crippen LogP contribution in [0.5, 0.6) is 0 Å². The van der Waals surface area contributed by atoms with Gasteiger partial charge in [0.05, 0.1) is 19.2 Å². The van der Waals surface area contributed by atoms with Gasteiger partial charge >= 0.3 is 11.9 Å². The summed E-state index contributed by atoms with van der Waals surface area (Å²) in [5, 5.41) is 17.1. The smallest absolute Gasteiger partial charge is 0.327 e. The predicted octanol–water partition coefficient (Wildman–Crippen LogP) is 4.84. The number of aliphatic hydroxyl groups excluding tert-OH is 1.